The van der Waals surface area contributed by atoms with Crippen LogP contribution in [0.2, 0.25) is 0 Å². The molecular formula is C8H11FS. The molecular weight excluding hydrogens is 147 g/mol. The van der Waals surface area contributed by atoms with Crippen LogP contribution in [0, 0.1) is 5.82 Å². The number of hydrogen-bond donors (Lipinski definition) is 0. The average molecular weight is 158 g/mol. The van der Waals surface area contributed by atoms with Gasteiger partial charge in [0, 0.05) is 10.9 Å². The van der Waals surface area contributed by atoms with Gasteiger partial charge in [-0.3, -0.25) is 0 Å². The molecule has 0 aromatic carbocycles. The van der Waals surface area contributed by atoms with Crippen LogP contribution in [0.1, 0.15) is 31.7 Å². The number of thiophene rings is 1. The fourth-order valence-corrected chi connectivity index (χ4v) is 1.68. The highest BCUT2D eigenvalue weighted by molar-refractivity contribution is 7.08. The first kappa shape index (κ1) is 7.73. The van der Waals surface area contributed by atoms with Gasteiger partial charge in [-0.05, 0) is 17.7 Å². The van der Waals surface area contributed by atoms with Crippen molar-refractivity contribution in [3.63, 3.8) is 0 Å². The largest absolute Gasteiger partial charge is 0.206 e. The molecule has 0 N–H and O–H groups in total. The van der Waals surface area contributed by atoms with Gasteiger partial charge in [0.15, 0.2) is 0 Å². The lowest BCUT2D eigenvalue weighted by atomic mass is 10.0. The van der Waals surface area contributed by atoms with Gasteiger partial charge in [-0.15, -0.1) is 11.3 Å². The summed E-state index contributed by atoms with van der Waals surface area (Å²) in [4.78, 5) is 0. The van der Waals surface area contributed by atoms with Crippen molar-refractivity contribution in [2.75, 3.05) is 0 Å². The fourth-order valence-electron chi connectivity index (χ4n) is 0.863. The summed E-state index contributed by atoms with van der Waals surface area (Å²) < 4.78 is 12.8. The Morgan fingerprint density at radius 2 is 2.30 bits per heavy atom. The monoisotopic (exact) mass is 158 g/mol. The minimum absolute atomic E-state index is 0.0423. The summed E-state index contributed by atoms with van der Waals surface area (Å²) in [6.07, 6.45) is 1.01. The Hall–Kier alpha value is -0.370. The van der Waals surface area contributed by atoms with Gasteiger partial charge in [0.05, 0.1) is 0 Å². The molecule has 0 fully saturated rings. The second-order valence-corrected chi connectivity index (χ2v) is 3.23. The molecule has 56 valence electrons. The smallest absolute Gasteiger partial charge is 0.137 e. The molecule has 1 heterocycles. The van der Waals surface area contributed by atoms with Crippen LogP contribution in [-0.4, -0.2) is 0 Å². The molecule has 10 heavy (non-hydrogen) atoms. The molecule has 0 aliphatic heterocycles. The molecule has 1 rings (SSSR count). The predicted octanol–water partition coefficient (Wildman–Crippen LogP) is 3.40. The first-order valence-electron chi connectivity index (χ1n) is 3.47. The molecule has 0 aliphatic rings. The summed E-state index contributed by atoms with van der Waals surface area (Å²) in [6.45, 7) is 4.12. The predicted molar refractivity (Wildman–Crippen MR) is 43.0 cm³/mol. The highest BCUT2D eigenvalue weighted by atomic mass is 32.1. The van der Waals surface area contributed by atoms with Gasteiger partial charge in [-0.25, -0.2) is 4.39 Å². The molecule has 2 heteroatoms. The van der Waals surface area contributed by atoms with E-state index in [1.54, 1.807) is 5.38 Å². The maximum absolute atomic E-state index is 12.8. The van der Waals surface area contributed by atoms with Crippen LogP contribution >= 0.6 is 11.3 Å². The van der Waals surface area contributed by atoms with Gasteiger partial charge in [0.2, 0.25) is 0 Å². The summed E-state index contributed by atoms with van der Waals surface area (Å²) in [7, 11) is 0. The Labute approximate surface area is 64.7 Å². The normalized spacial score (nSPS) is 13.5. The second-order valence-electron chi connectivity index (χ2n) is 2.48. The van der Waals surface area contributed by atoms with E-state index in [0.29, 0.717) is 5.92 Å². The second kappa shape index (κ2) is 3.15. The number of rotatable bonds is 2. The molecule has 1 aromatic rings. The quantitative estimate of drug-likeness (QED) is 0.618. The van der Waals surface area contributed by atoms with Crippen molar-refractivity contribution in [3.05, 3.63) is 22.1 Å². The molecule has 0 spiro atoms. The zero-order valence-corrected chi connectivity index (χ0v) is 7.04. The van der Waals surface area contributed by atoms with E-state index >= 15 is 0 Å². The van der Waals surface area contributed by atoms with E-state index in [4.69, 9.17) is 0 Å². The minimum Gasteiger partial charge on any atom is -0.206 e. The van der Waals surface area contributed by atoms with E-state index in [0.717, 1.165) is 12.0 Å². The zero-order valence-electron chi connectivity index (χ0n) is 6.23. The molecule has 0 bridgehead atoms. The highest BCUT2D eigenvalue weighted by Gasteiger charge is 2.08. The first-order chi connectivity index (χ1) is 4.75. The van der Waals surface area contributed by atoms with Crippen LogP contribution in [0.25, 0.3) is 0 Å². The highest BCUT2D eigenvalue weighted by Crippen LogP contribution is 2.24. The van der Waals surface area contributed by atoms with Gasteiger partial charge in [-0.1, -0.05) is 13.8 Å². The third-order valence-corrected chi connectivity index (χ3v) is 2.52. The fraction of sp³-hybridized carbons (Fsp3) is 0.500. The SMILES string of the molecule is CCC(C)c1cscc1F. The molecule has 0 saturated heterocycles. The Morgan fingerprint density at radius 3 is 2.70 bits per heavy atom. The average Bonchev–Trinajstić information content (AvgIpc) is 2.34. The van der Waals surface area contributed by atoms with E-state index in [-0.39, 0.29) is 5.82 Å². The maximum atomic E-state index is 12.8. The van der Waals surface area contributed by atoms with Crippen LogP contribution in [0.3, 0.4) is 0 Å². The Morgan fingerprint density at radius 1 is 1.60 bits per heavy atom. The molecule has 0 radical (unpaired) electrons. The van der Waals surface area contributed by atoms with Gasteiger partial charge in [-0.2, -0.15) is 0 Å². The van der Waals surface area contributed by atoms with Crippen molar-refractivity contribution >= 4 is 11.3 Å². The third kappa shape index (κ3) is 1.37. The van der Waals surface area contributed by atoms with Gasteiger partial charge in [0.25, 0.3) is 0 Å². The Bertz CT molecular complexity index is 205. The molecule has 1 unspecified atom stereocenters. The molecule has 1 aromatic heterocycles. The molecule has 0 amide bonds. The van der Waals surface area contributed by atoms with Gasteiger partial charge in [0.1, 0.15) is 5.82 Å². The van der Waals surface area contributed by atoms with Gasteiger partial charge < -0.3 is 0 Å². The van der Waals surface area contributed by atoms with Crippen molar-refractivity contribution in [2.45, 2.75) is 26.2 Å². The van der Waals surface area contributed by atoms with Crippen LogP contribution in [0.15, 0.2) is 10.8 Å². The molecule has 0 nitrogen and oxygen atoms in total. The van der Waals surface area contributed by atoms with Crippen LogP contribution in [0.5, 0.6) is 0 Å². The van der Waals surface area contributed by atoms with Crippen molar-refractivity contribution in [2.24, 2.45) is 0 Å². The van der Waals surface area contributed by atoms with E-state index in [1.165, 1.54) is 11.3 Å². The van der Waals surface area contributed by atoms with Gasteiger partial charge >= 0.3 is 0 Å². The Balaban J connectivity index is 2.82. The zero-order chi connectivity index (χ0) is 7.56. The summed E-state index contributed by atoms with van der Waals surface area (Å²) in [5.74, 6) is 0.325. The van der Waals surface area contributed by atoms with Crippen molar-refractivity contribution < 1.29 is 4.39 Å². The summed E-state index contributed by atoms with van der Waals surface area (Å²) in [6, 6.07) is 0. The van der Waals surface area contributed by atoms with E-state index in [2.05, 4.69) is 6.92 Å². The topological polar surface area (TPSA) is 0 Å². The summed E-state index contributed by atoms with van der Waals surface area (Å²) >= 11 is 1.43. The van der Waals surface area contributed by atoms with Crippen LogP contribution < -0.4 is 0 Å². The molecule has 0 saturated carbocycles. The van der Waals surface area contributed by atoms with Crippen molar-refractivity contribution in [1.82, 2.24) is 0 Å². The molecule has 0 aliphatic carbocycles. The number of halogens is 1. The maximum Gasteiger partial charge on any atom is 0.137 e. The van der Waals surface area contributed by atoms with E-state index in [1.807, 2.05) is 12.3 Å². The van der Waals surface area contributed by atoms with Crippen LogP contribution in [-0.2, 0) is 0 Å². The van der Waals surface area contributed by atoms with E-state index < -0.39 is 0 Å². The minimum atomic E-state index is -0.0423. The van der Waals surface area contributed by atoms with E-state index in [9.17, 15) is 4.39 Å². The lowest BCUT2D eigenvalue weighted by Gasteiger charge is -2.04. The van der Waals surface area contributed by atoms with Crippen molar-refractivity contribution in [1.29, 1.82) is 0 Å². The summed E-state index contributed by atoms with van der Waals surface area (Å²) in [5.41, 5.74) is 0.868. The lowest BCUT2D eigenvalue weighted by molar-refractivity contribution is 0.590. The third-order valence-electron chi connectivity index (χ3n) is 1.79. The summed E-state index contributed by atoms with van der Waals surface area (Å²) in [5, 5.41) is 3.45. The lowest BCUT2D eigenvalue weighted by Crippen LogP contribution is -1.90. The number of hydrogen-bond acceptors (Lipinski definition) is 1. The standard InChI is InChI=1S/C8H11FS/c1-3-6(2)7-4-10-5-8(7)9/h4-6H,3H2,1-2H3. The Kier molecular flexibility index (Phi) is 2.44. The van der Waals surface area contributed by atoms with Crippen molar-refractivity contribution in [3.8, 4) is 0 Å². The molecule has 1 atom stereocenters. The first-order valence-corrected chi connectivity index (χ1v) is 4.41. The van der Waals surface area contributed by atoms with Crippen LogP contribution in [0.4, 0.5) is 4.39 Å².